The Kier molecular flexibility index (Phi) is 4.05. The summed E-state index contributed by atoms with van der Waals surface area (Å²) >= 11 is 0.999. The third-order valence-corrected chi connectivity index (χ3v) is 3.65. The maximum atomic E-state index is 11.0. The molecular formula is C14H13NO4S. The lowest BCUT2D eigenvalue weighted by Crippen LogP contribution is -2.08. The second-order valence-corrected chi connectivity index (χ2v) is 5.09. The summed E-state index contributed by atoms with van der Waals surface area (Å²) in [5, 5.41) is 10.2. The first kappa shape index (κ1) is 14.1. The van der Waals surface area contributed by atoms with E-state index in [1.807, 2.05) is 0 Å². The molecule has 0 fully saturated rings. The Morgan fingerprint density at radius 2 is 1.95 bits per heavy atom. The summed E-state index contributed by atoms with van der Waals surface area (Å²) in [5.41, 5.74) is 8.15. The molecule has 0 radical (unpaired) electrons. The molecule has 0 aliphatic heterocycles. The van der Waals surface area contributed by atoms with E-state index in [4.69, 9.17) is 10.8 Å². The predicted octanol–water partition coefficient (Wildman–Crippen LogP) is 2.41. The minimum Gasteiger partial charge on any atom is -0.478 e. The number of hydrogen-bond acceptors (Lipinski definition) is 5. The molecule has 2 aliphatic rings. The van der Waals surface area contributed by atoms with Crippen molar-refractivity contribution in [3.05, 3.63) is 51.9 Å². The number of hydrogen-bond donors (Lipinski definition) is 2. The molecule has 0 unspecified atom stereocenters. The van der Waals surface area contributed by atoms with Crippen LogP contribution in [0.1, 0.15) is 31.8 Å². The molecule has 3 N–H and O–H groups in total. The molecule has 0 spiro atoms. The maximum Gasteiger partial charge on any atom is 0.339 e. The van der Waals surface area contributed by atoms with E-state index in [0.29, 0.717) is 0 Å². The normalized spacial score (nSPS) is 10.8. The van der Waals surface area contributed by atoms with Gasteiger partial charge in [-0.05, 0) is 17.5 Å². The molecule has 5 nitrogen and oxygen atoms in total. The number of carbonyl (C=O) groups is 2. The second kappa shape index (κ2) is 5.75. The standard InChI is InChI=1S/C7H7NO4S.C7H6/c1-12-7(11)3-2-13-5(8)4(3)6(9)10;1-2-6-4-7(3-1)5-6/h2H,8H2,1H3,(H,9,10);1-4H,5H2. The average Bonchev–Trinajstić information content (AvgIpc) is 2.81. The number of rotatable bonds is 2. The van der Waals surface area contributed by atoms with Crippen molar-refractivity contribution in [2.45, 2.75) is 6.42 Å². The maximum absolute atomic E-state index is 11.0. The number of benzene rings is 1. The van der Waals surface area contributed by atoms with Gasteiger partial charge in [-0.15, -0.1) is 11.3 Å². The van der Waals surface area contributed by atoms with Gasteiger partial charge in [-0.25, -0.2) is 9.59 Å². The molecule has 0 saturated carbocycles. The number of nitrogens with two attached hydrogens (primary N) is 1. The van der Waals surface area contributed by atoms with Crippen LogP contribution in [0.2, 0.25) is 0 Å². The van der Waals surface area contributed by atoms with Gasteiger partial charge in [-0.3, -0.25) is 0 Å². The SMILES string of the molecule is COC(=O)c1csc(N)c1C(=O)O.c1cc2cc(c1)C2. The Bertz CT molecular complexity index is 638. The number of aromatic carboxylic acids is 1. The number of nitrogen functional groups attached to an aromatic ring is 1. The molecule has 2 aromatic rings. The molecule has 1 aromatic heterocycles. The van der Waals surface area contributed by atoms with E-state index >= 15 is 0 Å². The molecule has 1 aromatic carbocycles. The van der Waals surface area contributed by atoms with Gasteiger partial charge in [0.1, 0.15) is 10.6 Å². The van der Waals surface area contributed by atoms with Gasteiger partial charge in [-0.2, -0.15) is 0 Å². The van der Waals surface area contributed by atoms with E-state index < -0.39 is 11.9 Å². The van der Waals surface area contributed by atoms with E-state index in [-0.39, 0.29) is 16.1 Å². The van der Waals surface area contributed by atoms with Crippen LogP contribution >= 0.6 is 11.3 Å². The van der Waals surface area contributed by atoms with E-state index in [9.17, 15) is 9.59 Å². The van der Waals surface area contributed by atoms with Crippen LogP contribution in [0, 0.1) is 0 Å². The molecule has 0 saturated heterocycles. The molecule has 0 amide bonds. The van der Waals surface area contributed by atoms with Crippen LogP contribution < -0.4 is 5.73 Å². The van der Waals surface area contributed by atoms with Crippen molar-refractivity contribution in [3.8, 4) is 0 Å². The van der Waals surface area contributed by atoms with Crippen LogP contribution in [-0.4, -0.2) is 24.2 Å². The number of anilines is 1. The molecule has 20 heavy (non-hydrogen) atoms. The topological polar surface area (TPSA) is 89.6 Å². The molecule has 4 rings (SSSR count). The molecule has 104 valence electrons. The van der Waals surface area contributed by atoms with Gasteiger partial charge in [0.05, 0.1) is 12.7 Å². The first-order valence-corrected chi connectivity index (χ1v) is 6.67. The van der Waals surface area contributed by atoms with Crippen LogP contribution in [0.3, 0.4) is 0 Å². The Hall–Kier alpha value is -2.34. The lowest BCUT2D eigenvalue weighted by Gasteiger charge is -2.11. The number of thiophene rings is 1. The van der Waals surface area contributed by atoms with Crippen LogP contribution in [-0.2, 0) is 11.2 Å². The number of fused-ring (bicyclic) bond motifs is 2. The number of methoxy groups -OCH3 is 1. The predicted molar refractivity (Wildman–Crippen MR) is 76.3 cm³/mol. The van der Waals surface area contributed by atoms with Crippen molar-refractivity contribution in [2.24, 2.45) is 0 Å². The molecule has 6 heteroatoms. The summed E-state index contributed by atoms with van der Waals surface area (Å²) in [4.78, 5) is 21.7. The van der Waals surface area contributed by atoms with Gasteiger partial charge < -0.3 is 15.6 Å². The third kappa shape index (κ3) is 2.80. The minimum absolute atomic E-state index is 0.00231. The number of ether oxygens (including phenoxy) is 1. The monoisotopic (exact) mass is 291 g/mol. The highest BCUT2D eigenvalue weighted by molar-refractivity contribution is 7.14. The van der Waals surface area contributed by atoms with Crippen molar-refractivity contribution in [1.29, 1.82) is 0 Å². The Balaban J connectivity index is 0.000000173. The smallest absolute Gasteiger partial charge is 0.339 e. The van der Waals surface area contributed by atoms with Gasteiger partial charge in [0.15, 0.2) is 0 Å². The fourth-order valence-electron chi connectivity index (χ4n) is 1.81. The fourth-order valence-corrected chi connectivity index (χ4v) is 2.58. The molecular weight excluding hydrogens is 278 g/mol. The van der Waals surface area contributed by atoms with Crippen molar-refractivity contribution in [2.75, 3.05) is 12.8 Å². The first-order chi connectivity index (χ1) is 9.52. The zero-order valence-corrected chi connectivity index (χ0v) is 11.6. The van der Waals surface area contributed by atoms with Crippen molar-refractivity contribution in [1.82, 2.24) is 0 Å². The lowest BCUT2D eigenvalue weighted by atomic mass is 9.94. The number of carboxylic acid groups (broad SMARTS) is 1. The number of esters is 1. The fraction of sp³-hybridized carbons (Fsp3) is 0.143. The molecule has 0 atom stereocenters. The molecule has 2 aliphatic carbocycles. The van der Waals surface area contributed by atoms with E-state index in [0.717, 1.165) is 11.3 Å². The highest BCUT2D eigenvalue weighted by atomic mass is 32.1. The molecule has 2 bridgehead atoms. The van der Waals surface area contributed by atoms with Gasteiger partial charge in [-0.1, -0.05) is 24.3 Å². The average molecular weight is 291 g/mol. The largest absolute Gasteiger partial charge is 0.478 e. The van der Waals surface area contributed by atoms with Gasteiger partial charge in [0.2, 0.25) is 0 Å². The molecule has 1 heterocycles. The Morgan fingerprint density at radius 3 is 2.30 bits per heavy atom. The van der Waals surface area contributed by atoms with Crippen LogP contribution in [0.5, 0.6) is 0 Å². The van der Waals surface area contributed by atoms with Crippen molar-refractivity contribution < 1.29 is 19.4 Å². The highest BCUT2D eigenvalue weighted by Crippen LogP contribution is 2.25. The number of carbonyl (C=O) groups excluding carboxylic acids is 1. The lowest BCUT2D eigenvalue weighted by molar-refractivity contribution is 0.0584. The summed E-state index contributed by atoms with van der Waals surface area (Å²) in [6.07, 6.45) is 1.22. The Morgan fingerprint density at radius 1 is 1.35 bits per heavy atom. The van der Waals surface area contributed by atoms with Gasteiger partial charge in [0, 0.05) is 5.38 Å². The van der Waals surface area contributed by atoms with Gasteiger partial charge in [0.25, 0.3) is 0 Å². The summed E-state index contributed by atoms with van der Waals surface area (Å²) in [6.45, 7) is 0. The quantitative estimate of drug-likeness (QED) is 0.708. The first-order valence-electron chi connectivity index (χ1n) is 5.79. The highest BCUT2D eigenvalue weighted by Gasteiger charge is 2.21. The van der Waals surface area contributed by atoms with Crippen LogP contribution in [0.25, 0.3) is 0 Å². The van der Waals surface area contributed by atoms with Crippen molar-refractivity contribution in [3.63, 3.8) is 0 Å². The number of carboxylic acids is 1. The summed E-state index contributed by atoms with van der Waals surface area (Å²) < 4.78 is 4.39. The van der Waals surface area contributed by atoms with Gasteiger partial charge >= 0.3 is 11.9 Å². The third-order valence-electron chi connectivity index (χ3n) is 2.84. The minimum atomic E-state index is -1.22. The summed E-state index contributed by atoms with van der Waals surface area (Å²) in [7, 11) is 1.18. The van der Waals surface area contributed by atoms with Crippen LogP contribution in [0.15, 0.2) is 29.6 Å². The van der Waals surface area contributed by atoms with E-state index in [2.05, 4.69) is 29.0 Å². The van der Waals surface area contributed by atoms with E-state index in [1.54, 1.807) is 0 Å². The van der Waals surface area contributed by atoms with E-state index in [1.165, 1.54) is 30.0 Å². The van der Waals surface area contributed by atoms with Crippen molar-refractivity contribution >= 4 is 28.3 Å². The summed E-state index contributed by atoms with van der Waals surface area (Å²) in [6, 6.07) is 8.65. The Labute approximate surface area is 119 Å². The summed E-state index contributed by atoms with van der Waals surface area (Å²) in [5.74, 6) is -1.91. The zero-order chi connectivity index (χ0) is 14.7. The van der Waals surface area contributed by atoms with Crippen LogP contribution in [0.4, 0.5) is 5.00 Å². The second-order valence-electron chi connectivity index (χ2n) is 4.18. The zero-order valence-electron chi connectivity index (χ0n) is 10.8.